The van der Waals surface area contributed by atoms with Crippen LogP contribution in [0, 0.1) is 0 Å². The fourth-order valence-electron chi connectivity index (χ4n) is 3.33. The van der Waals surface area contributed by atoms with Crippen LogP contribution in [0.4, 0.5) is 18.9 Å². The molecule has 2 atom stereocenters. The van der Waals surface area contributed by atoms with Gasteiger partial charge in [0.1, 0.15) is 0 Å². The lowest BCUT2D eigenvalue weighted by Crippen LogP contribution is -2.34. The zero-order chi connectivity index (χ0) is 18.7. The summed E-state index contributed by atoms with van der Waals surface area (Å²) in [4.78, 5) is 14.1. The van der Waals surface area contributed by atoms with Gasteiger partial charge in [0.25, 0.3) is 0 Å². The summed E-state index contributed by atoms with van der Waals surface area (Å²) in [6.07, 6.45) is -4.52. The molecular weight excluding hydrogens is 379 g/mol. The van der Waals surface area contributed by atoms with E-state index in [9.17, 15) is 18.0 Å². The molecule has 3 rings (SSSR count). The zero-order valence-corrected chi connectivity index (χ0v) is 15.3. The van der Waals surface area contributed by atoms with Crippen molar-refractivity contribution in [3.8, 4) is 0 Å². The second-order valence-corrected chi connectivity index (χ2v) is 6.47. The summed E-state index contributed by atoms with van der Waals surface area (Å²) in [5, 5.41) is 2.37. The second kappa shape index (κ2) is 8.73. The van der Waals surface area contributed by atoms with Gasteiger partial charge in [0.2, 0.25) is 5.91 Å². The van der Waals surface area contributed by atoms with Crippen LogP contribution in [-0.2, 0) is 11.0 Å². The van der Waals surface area contributed by atoms with Crippen molar-refractivity contribution in [2.75, 3.05) is 25.0 Å². The third-order valence-electron chi connectivity index (χ3n) is 4.54. The molecule has 1 aliphatic rings. The lowest BCUT2D eigenvalue weighted by atomic mass is 9.95. The maximum atomic E-state index is 13.0. The number of anilines is 1. The number of carbonyl (C=O) groups is 1. The van der Waals surface area contributed by atoms with Crippen LogP contribution in [0.2, 0.25) is 0 Å². The number of para-hydroxylation sites is 1. The standard InChI is InChI=1S/C19H20F3N3O.ClH/c20-19(21,22)15-8-4-5-9-17(15)24-18(26)12-25-10-14(16(23)11-25)13-6-2-1-3-7-13;/h1-9,14,16H,10-12,23H2,(H,24,26);1H/t14-,16+;/m0./s1. The highest BCUT2D eigenvalue weighted by molar-refractivity contribution is 5.93. The molecule has 2 aromatic carbocycles. The summed E-state index contributed by atoms with van der Waals surface area (Å²) < 4.78 is 39.0. The van der Waals surface area contributed by atoms with Gasteiger partial charge in [0, 0.05) is 25.0 Å². The fourth-order valence-corrected chi connectivity index (χ4v) is 3.33. The predicted molar refractivity (Wildman–Crippen MR) is 101 cm³/mol. The van der Waals surface area contributed by atoms with Gasteiger partial charge in [-0.05, 0) is 17.7 Å². The molecule has 2 aromatic rings. The van der Waals surface area contributed by atoms with Crippen molar-refractivity contribution in [3.63, 3.8) is 0 Å². The van der Waals surface area contributed by atoms with Crippen LogP contribution in [-0.4, -0.2) is 36.5 Å². The summed E-state index contributed by atoms with van der Waals surface area (Å²) in [6, 6.07) is 14.6. The Bertz CT molecular complexity index is 770. The van der Waals surface area contributed by atoms with Crippen molar-refractivity contribution >= 4 is 24.0 Å². The van der Waals surface area contributed by atoms with Crippen LogP contribution in [0.3, 0.4) is 0 Å². The molecule has 1 amide bonds. The van der Waals surface area contributed by atoms with Gasteiger partial charge in [-0.25, -0.2) is 0 Å². The van der Waals surface area contributed by atoms with Crippen molar-refractivity contribution in [2.45, 2.75) is 18.1 Å². The molecule has 27 heavy (non-hydrogen) atoms. The van der Waals surface area contributed by atoms with Crippen molar-refractivity contribution in [2.24, 2.45) is 5.73 Å². The van der Waals surface area contributed by atoms with E-state index in [1.807, 2.05) is 35.2 Å². The molecule has 0 radical (unpaired) electrons. The second-order valence-electron chi connectivity index (χ2n) is 6.47. The van der Waals surface area contributed by atoms with E-state index < -0.39 is 17.6 Å². The molecule has 146 valence electrons. The first kappa shape index (κ1) is 21.2. The minimum atomic E-state index is -4.52. The van der Waals surface area contributed by atoms with Crippen molar-refractivity contribution in [1.82, 2.24) is 4.90 Å². The van der Waals surface area contributed by atoms with E-state index >= 15 is 0 Å². The molecule has 4 nitrogen and oxygen atoms in total. The molecule has 0 saturated carbocycles. The third kappa shape index (κ3) is 5.22. The van der Waals surface area contributed by atoms with Gasteiger partial charge in [-0.2, -0.15) is 13.2 Å². The van der Waals surface area contributed by atoms with Gasteiger partial charge in [-0.1, -0.05) is 42.5 Å². The number of hydrogen-bond acceptors (Lipinski definition) is 3. The van der Waals surface area contributed by atoms with Crippen molar-refractivity contribution in [3.05, 3.63) is 65.7 Å². The summed E-state index contributed by atoms with van der Waals surface area (Å²) in [7, 11) is 0. The first-order valence-corrected chi connectivity index (χ1v) is 8.33. The van der Waals surface area contributed by atoms with Gasteiger partial charge >= 0.3 is 6.18 Å². The third-order valence-corrected chi connectivity index (χ3v) is 4.54. The van der Waals surface area contributed by atoms with Crippen LogP contribution < -0.4 is 11.1 Å². The van der Waals surface area contributed by atoms with Crippen LogP contribution >= 0.6 is 12.4 Å². The summed E-state index contributed by atoms with van der Waals surface area (Å²) in [5.74, 6) is -0.380. The number of benzene rings is 2. The van der Waals surface area contributed by atoms with E-state index in [0.717, 1.165) is 11.6 Å². The number of alkyl halides is 3. The van der Waals surface area contributed by atoms with Crippen molar-refractivity contribution in [1.29, 1.82) is 0 Å². The highest BCUT2D eigenvalue weighted by Gasteiger charge is 2.35. The smallest absolute Gasteiger partial charge is 0.326 e. The topological polar surface area (TPSA) is 58.4 Å². The Morgan fingerprint density at radius 2 is 1.70 bits per heavy atom. The minimum Gasteiger partial charge on any atom is -0.326 e. The number of nitrogens with zero attached hydrogens (tertiary/aromatic N) is 1. The van der Waals surface area contributed by atoms with Gasteiger partial charge in [0.15, 0.2) is 0 Å². The van der Waals surface area contributed by atoms with E-state index in [0.29, 0.717) is 13.1 Å². The van der Waals surface area contributed by atoms with Crippen LogP contribution in [0.25, 0.3) is 0 Å². The number of nitrogens with two attached hydrogens (primary N) is 1. The van der Waals surface area contributed by atoms with Gasteiger partial charge in [0.05, 0.1) is 17.8 Å². The number of carbonyl (C=O) groups excluding carboxylic acids is 1. The number of likely N-dealkylation sites (tertiary alicyclic amines) is 1. The Kier molecular flexibility index (Phi) is 6.86. The van der Waals surface area contributed by atoms with Crippen LogP contribution in [0.1, 0.15) is 17.0 Å². The molecule has 1 aliphatic heterocycles. The molecule has 3 N–H and O–H groups in total. The van der Waals surface area contributed by atoms with Crippen LogP contribution in [0.15, 0.2) is 54.6 Å². The highest BCUT2D eigenvalue weighted by Crippen LogP contribution is 2.34. The SMILES string of the molecule is Cl.N[C@@H]1CN(CC(=O)Nc2ccccc2C(F)(F)F)C[C@H]1c1ccccc1. The molecule has 0 unspecified atom stereocenters. The Morgan fingerprint density at radius 1 is 1.07 bits per heavy atom. The number of halogens is 4. The Balaban J connectivity index is 0.00000261. The molecule has 8 heteroatoms. The maximum Gasteiger partial charge on any atom is 0.418 e. The average molecular weight is 400 g/mol. The lowest BCUT2D eigenvalue weighted by Gasteiger charge is -2.17. The van der Waals surface area contributed by atoms with E-state index in [2.05, 4.69) is 5.32 Å². The lowest BCUT2D eigenvalue weighted by molar-refractivity contribution is -0.137. The summed E-state index contributed by atoms with van der Waals surface area (Å²) in [6.45, 7) is 1.12. The van der Waals surface area contributed by atoms with Crippen LogP contribution in [0.5, 0.6) is 0 Å². The number of amides is 1. The minimum absolute atomic E-state index is 0. The molecule has 0 spiro atoms. The van der Waals surface area contributed by atoms with E-state index in [1.54, 1.807) is 0 Å². The zero-order valence-electron chi connectivity index (χ0n) is 14.4. The van der Waals surface area contributed by atoms with E-state index in [-0.39, 0.29) is 36.6 Å². The Morgan fingerprint density at radius 3 is 2.37 bits per heavy atom. The number of nitrogens with one attached hydrogen (secondary N) is 1. The average Bonchev–Trinajstić information content (AvgIpc) is 2.95. The maximum absolute atomic E-state index is 13.0. The van der Waals surface area contributed by atoms with E-state index in [4.69, 9.17) is 5.73 Å². The first-order valence-electron chi connectivity index (χ1n) is 8.33. The monoisotopic (exact) mass is 399 g/mol. The highest BCUT2D eigenvalue weighted by atomic mass is 35.5. The normalized spacial score (nSPS) is 20.1. The predicted octanol–water partition coefficient (Wildman–Crippen LogP) is 3.49. The largest absolute Gasteiger partial charge is 0.418 e. The molecule has 0 aliphatic carbocycles. The quantitative estimate of drug-likeness (QED) is 0.827. The van der Waals surface area contributed by atoms with Gasteiger partial charge in [-0.15, -0.1) is 12.4 Å². The van der Waals surface area contributed by atoms with Crippen molar-refractivity contribution < 1.29 is 18.0 Å². The van der Waals surface area contributed by atoms with Gasteiger partial charge in [-0.3, -0.25) is 9.69 Å². The first-order chi connectivity index (χ1) is 12.3. The fraction of sp³-hybridized carbons (Fsp3) is 0.316. The molecule has 1 saturated heterocycles. The number of rotatable bonds is 4. The molecule has 0 bridgehead atoms. The Labute approximate surface area is 161 Å². The van der Waals surface area contributed by atoms with Gasteiger partial charge < -0.3 is 11.1 Å². The number of hydrogen-bond donors (Lipinski definition) is 2. The molecule has 1 fully saturated rings. The molecular formula is C19H21ClF3N3O. The summed E-state index contributed by atoms with van der Waals surface area (Å²) >= 11 is 0. The Hall–Kier alpha value is -2.09. The summed E-state index contributed by atoms with van der Waals surface area (Å²) in [5.41, 5.74) is 6.21. The molecule has 1 heterocycles. The van der Waals surface area contributed by atoms with E-state index in [1.165, 1.54) is 18.2 Å². The molecule has 0 aromatic heterocycles.